The first-order valence-electron chi connectivity index (χ1n) is 3.56. The van der Waals surface area contributed by atoms with Crippen LogP contribution in [-0.2, 0) is 4.74 Å². The van der Waals surface area contributed by atoms with Crippen LogP contribution in [0.1, 0.15) is 0 Å². The van der Waals surface area contributed by atoms with E-state index in [9.17, 15) is 10.2 Å². The Balaban J connectivity index is 2.60. The zero-order valence-electron chi connectivity index (χ0n) is 6.37. The predicted molar refractivity (Wildman–Crippen MR) is 40.4 cm³/mol. The molecule has 0 spiro atoms. The summed E-state index contributed by atoms with van der Waals surface area (Å²) in [5.41, 5.74) is 0. The highest BCUT2D eigenvalue weighted by molar-refractivity contribution is 5.64. The van der Waals surface area contributed by atoms with E-state index >= 15 is 0 Å². The monoisotopic (exact) mass is 176 g/mol. The molecular formula is C6H12N2O4. The third-order valence-electron chi connectivity index (χ3n) is 1.81. The second-order valence-electron chi connectivity index (χ2n) is 2.60. The van der Waals surface area contributed by atoms with Crippen molar-refractivity contribution in [3.05, 3.63) is 0 Å². The topological polar surface area (TPSA) is 108 Å². The molecule has 1 aliphatic rings. The van der Waals surface area contributed by atoms with E-state index in [0.29, 0.717) is 0 Å². The van der Waals surface area contributed by atoms with Crippen molar-refractivity contribution in [2.24, 2.45) is 10.9 Å². The first-order chi connectivity index (χ1) is 5.70. The van der Waals surface area contributed by atoms with Gasteiger partial charge in [0.25, 0.3) is 0 Å². The fourth-order valence-corrected chi connectivity index (χ4v) is 1.14. The molecule has 70 valence electrons. The molecule has 0 amide bonds. The molecule has 1 saturated heterocycles. The molecule has 1 rings (SSSR count). The Morgan fingerprint density at radius 1 is 1.42 bits per heavy atom. The number of aliphatic hydroxyl groups is 3. The average Bonchev–Trinajstić information content (AvgIpc) is 2.33. The number of nitrogens with two attached hydrogens (primary N) is 1. The Hall–Kier alpha value is -0.690. The summed E-state index contributed by atoms with van der Waals surface area (Å²) in [6.07, 6.45) is -2.47. The van der Waals surface area contributed by atoms with E-state index in [1.54, 1.807) is 0 Å². The molecule has 1 aliphatic heterocycles. The molecule has 0 aromatic carbocycles. The maximum absolute atomic E-state index is 9.26. The number of hydrogen-bond donors (Lipinski definition) is 4. The minimum absolute atomic E-state index is 0.340. The molecule has 1 fully saturated rings. The number of nitrogens with zero attached hydrogens (tertiary/aromatic N) is 1. The van der Waals surface area contributed by atoms with Crippen molar-refractivity contribution in [3.8, 4) is 0 Å². The summed E-state index contributed by atoms with van der Waals surface area (Å²) in [6, 6.07) is 0. The minimum atomic E-state index is -1.09. The second-order valence-corrected chi connectivity index (χ2v) is 2.60. The van der Waals surface area contributed by atoms with Gasteiger partial charge < -0.3 is 25.9 Å². The quantitative estimate of drug-likeness (QED) is 0.210. The van der Waals surface area contributed by atoms with Gasteiger partial charge in [-0.3, -0.25) is 0 Å². The second kappa shape index (κ2) is 3.81. The maximum Gasteiger partial charge on any atom is 0.123 e. The molecule has 0 aromatic rings. The van der Waals surface area contributed by atoms with Crippen LogP contribution < -0.4 is 5.84 Å². The molecule has 12 heavy (non-hydrogen) atoms. The highest BCUT2D eigenvalue weighted by Gasteiger charge is 2.41. The molecule has 6 heteroatoms. The van der Waals surface area contributed by atoms with Gasteiger partial charge in [-0.05, 0) is 0 Å². The third-order valence-corrected chi connectivity index (χ3v) is 1.81. The van der Waals surface area contributed by atoms with Gasteiger partial charge in [0.1, 0.15) is 24.4 Å². The summed E-state index contributed by atoms with van der Waals surface area (Å²) in [4.78, 5) is 0. The van der Waals surface area contributed by atoms with E-state index in [2.05, 4.69) is 5.10 Å². The Morgan fingerprint density at radius 3 is 2.50 bits per heavy atom. The summed E-state index contributed by atoms with van der Waals surface area (Å²) in [6.45, 7) is -0.340. The van der Waals surface area contributed by atoms with Crippen molar-refractivity contribution in [2.45, 2.75) is 24.4 Å². The number of ether oxygens (including phenoxy) is 1. The predicted octanol–water partition coefficient (Wildman–Crippen LogP) is -2.59. The lowest BCUT2D eigenvalue weighted by Crippen LogP contribution is -2.34. The van der Waals surface area contributed by atoms with Gasteiger partial charge >= 0.3 is 0 Å². The summed E-state index contributed by atoms with van der Waals surface area (Å²) >= 11 is 0. The van der Waals surface area contributed by atoms with Gasteiger partial charge in [-0.1, -0.05) is 0 Å². The normalized spacial score (nSPS) is 42.6. The van der Waals surface area contributed by atoms with Crippen LogP contribution in [-0.4, -0.2) is 52.6 Å². The van der Waals surface area contributed by atoms with E-state index in [4.69, 9.17) is 15.7 Å². The number of hydrazone groups is 1. The molecule has 0 bridgehead atoms. The van der Waals surface area contributed by atoms with Crippen molar-refractivity contribution in [2.75, 3.05) is 6.61 Å². The number of aliphatic hydroxyl groups excluding tert-OH is 3. The van der Waals surface area contributed by atoms with Gasteiger partial charge in [0.05, 0.1) is 12.8 Å². The lowest BCUT2D eigenvalue weighted by atomic mass is 10.1. The molecule has 0 radical (unpaired) electrons. The number of hydrogen-bond acceptors (Lipinski definition) is 6. The zero-order chi connectivity index (χ0) is 9.14. The van der Waals surface area contributed by atoms with Crippen molar-refractivity contribution in [1.82, 2.24) is 0 Å². The molecule has 0 saturated carbocycles. The van der Waals surface area contributed by atoms with E-state index in [0.717, 1.165) is 0 Å². The van der Waals surface area contributed by atoms with Gasteiger partial charge in [-0.15, -0.1) is 0 Å². The molecule has 0 aliphatic carbocycles. The molecule has 0 unspecified atom stereocenters. The van der Waals surface area contributed by atoms with Crippen LogP contribution in [0.4, 0.5) is 0 Å². The highest BCUT2D eigenvalue weighted by Crippen LogP contribution is 2.19. The van der Waals surface area contributed by atoms with Crippen molar-refractivity contribution in [1.29, 1.82) is 0 Å². The molecular weight excluding hydrogens is 164 g/mol. The molecule has 0 aromatic heterocycles. The summed E-state index contributed by atoms with van der Waals surface area (Å²) in [5.74, 6) is 4.84. The van der Waals surface area contributed by atoms with Crippen molar-refractivity contribution in [3.63, 3.8) is 0 Å². The summed E-state index contributed by atoms with van der Waals surface area (Å²) in [5, 5.41) is 30.3. The van der Waals surface area contributed by atoms with Crippen molar-refractivity contribution >= 4 is 6.21 Å². The van der Waals surface area contributed by atoms with Crippen molar-refractivity contribution < 1.29 is 20.1 Å². The molecule has 5 N–H and O–H groups in total. The van der Waals surface area contributed by atoms with Gasteiger partial charge in [0.2, 0.25) is 0 Å². The van der Waals surface area contributed by atoms with Gasteiger partial charge in [-0.25, -0.2) is 0 Å². The van der Waals surface area contributed by atoms with Crippen LogP contribution in [0.5, 0.6) is 0 Å². The summed E-state index contributed by atoms with van der Waals surface area (Å²) < 4.78 is 5.00. The molecule has 4 atom stereocenters. The van der Waals surface area contributed by atoms with Crippen LogP contribution in [0, 0.1) is 0 Å². The zero-order valence-corrected chi connectivity index (χ0v) is 6.37. The standard InChI is InChI=1S/C6H12N2O4/c7-8-1-3-5(10)6(11)4(2-9)12-3/h1,3-6,9-11H,2,7H2/b8-1+/t3-,4-,5-,6-/m1/s1. The third kappa shape index (κ3) is 1.56. The van der Waals surface area contributed by atoms with Gasteiger partial charge in [-0.2, -0.15) is 5.10 Å². The molecule has 6 nitrogen and oxygen atoms in total. The van der Waals surface area contributed by atoms with Gasteiger partial charge in [0.15, 0.2) is 0 Å². The molecule has 1 heterocycles. The van der Waals surface area contributed by atoms with E-state index in [-0.39, 0.29) is 6.61 Å². The lowest BCUT2D eigenvalue weighted by Gasteiger charge is -2.10. The minimum Gasteiger partial charge on any atom is -0.394 e. The smallest absolute Gasteiger partial charge is 0.123 e. The Labute approximate surface area is 69.3 Å². The maximum atomic E-state index is 9.26. The van der Waals surface area contributed by atoms with E-state index in [1.165, 1.54) is 6.21 Å². The van der Waals surface area contributed by atoms with E-state index < -0.39 is 24.4 Å². The Bertz CT molecular complexity index is 175. The van der Waals surface area contributed by atoms with Crippen LogP contribution in [0.3, 0.4) is 0 Å². The van der Waals surface area contributed by atoms with Crippen LogP contribution in [0.25, 0.3) is 0 Å². The van der Waals surface area contributed by atoms with Gasteiger partial charge in [0, 0.05) is 0 Å². The lowest BCUT2D eigenvalue weighted by molar-refractivity contribution is -0.00957. The van der Waals surface area contributed by atoms with Crippen LogP contribution in [0.15, 0.2) is 5.10 Å². The highest BCUT2D eigenvalue weighted by atomic mass is 16.6. The SMILES string of the molecule is N/N=C/[C@H]1O[C@H](CO)[C@@H](O)[C@@H]1O. The summed E-state index contributed by atoms with van der Waals surface area (Å²) in [7, 11) is 0. The first kappa shape index (κ1) is 9.40. The van der Waals surface area contributed by atoms with Crippen LogP contribution in [0.2, 0.25) is 0 Å². The Kier molecular flexibility index (Phi) is 2.99. The Morgan fingerprint density at radius 2 is 2.08 bits per heavy atom. The van der Waals surface area contributed by atoms with E-state index in [1.807, 2.05) is 0 Å². The average molecular weight is 176 g/mol. The largest absolute Gasteiger partial charge is 0.394 e. The van der Waals surface area contributed by atoms with Crippen LogP contribution >= 0.6 is 0 Å². The first-order valence-corrected chi connectivity index (χ1v) is 3.56. The fourth-order valence-electron chi connectivity index (χ4n) is 1.14. The fraction of sp³-hybridized carbons (Fsp3) is 0.833. The number of rotatable bonds is 2.